The van der Waals surface area contributed by atoms with E-state index in [4.69, 9.17) is 14.2 Å². The predicted molar refractivity (Wildman–Crippen MR) is 121 cm³/mol. The van der Waals surface area contributed by atoms with Crippen molar-refractivity contribution in [3.63, 3.8) is 0 Å². The van der Waals surface area contributed by atoms with Gasteiger partial charge >= 0.3 is 5.97 Å². The number of carbonyl (C=O) groups excluding carboxylic acids is 2. The summed E-state index contributed by atoms with van der Waals surface area (Å²) in [5.41, 5.74) is 3.77. The van der Waals surface area contributed by atoms with Crippen LogP contribution in [0.2, 0.25) is 0 Å². The van der Waals surface area contributed by atoms with Crippen LogP contribution in [0.3, 0.4) is 0 Å². The monoisotopic (exact) mass is 436 g/mol. The Morgan fingerprint density at radius 2 is 1.69 bits per heavy atom. The van der Waals surface area contributed by atoms with Gasteiger partial charge in [-0.25, -0.2) is 4.79 Å². The summed E-state index contributed by atoms with van der Waals surface area (Å²) in [5, 5.41) is 2.90. The lowest BCUT2D eigenvalue weighted by Crippen LogP contribution is -2.24. The molecule has 3 rings (SSSR count). The molecule has 0 aliphatic heterocycles. The Balaban J connectivity index is 1.65. The first-order valence-corrected chi connectivity index (χ1v) is 10.4. The molecule has 0 fully saturated rings. The third kappa shape index (κ3) is 5.76. The summed E-state index contributed by atoms with van der Waals surface area (Å²) in [6, 6.07) is 17.5. The molecular formula is C25H28N2O5. The number of methoxy groups -OCH3 is 1. The number of ether oxygens (including phenoxy) is 3. The van der Waals surface area contributed by atoms with E-state index in [1.165, 1.54) is 7.11 Å². The van der Waals surface area contributed by atoms with Gasteiger partial charge in [0.05, 0.1) is 12.2 Å². The fourth-order valence-electron chi connectivity index (χ4n) is 3.36. The number of H-pyrrole nitrogens is 1. The first-order chi connectivity index (χ1) is 15.5. The van der Waals surface area contributed by atoms with Crippen LogP contribution in [0.25, 0.3) is 0 Å². The summed E-state index contributed by atoms with van der Waals surface area (Å²) in [5.74, 6) is -0.0788. The lowest BCUT2D eigenvalue weighted by molar-refractivity contribution is 0.0387. The van der Waals surface area contributed by atoms with Crippen LogP contribution in [-0.4, -0.2) is 37.2 Å². The predicted octanol–water partition coefficient (Wildman–Crippen LogP) is 3.94. The van der Waals surface area contributed by atoms with Crippen LogP contribution in [0.4, 0.5) is 0 Å². The maximum absolute atomic E-state index is 12.8. The third-order valence-corrected chi connectivity index (χ3v) is 5.04. The Kier molecular flexibility index (Phi) is 8.05. The van der Waals surface area contributed by atoms with Gasteiger partial charge in [0.15, 0.2) is 0 Å². The highest BCUT2D eigenvalue weighted by molar-refractivity contribution is 6.00. The standard InChI is InChI=1S/C25H28N2O5/c1-17-22(25(29)31-14-13-30-3)18(2)27-23(17)24(28)26-15-20-11-7-8-12-21(20)32-16-19-9-5-4-6-10-19/h4-12,27H,13-16H2,1-3H3,(H,26,28). The van der Waals surface area contributed by atoms with Gasteiger partial charge in [0, 0.05) is 24.9 Å². The van der Waals surface area contributed by atoms with Gasteiger partial charge in [-0.15, -0.1) is 0 Å². The molecule has 1 amide bonds. The molecule has 0 spiro atoms. The number of nitrogens with one attached hydrogen (secondary N) is 2. The maximum Gasteiger partial charge on any atom is 0.340 e. The molecule has 1 aromatic heterocycles. The summed E-state index contributed by atoms with van der Waals surface area (Å²) in [6.07, 6.45) is 0. The Morgan fingerprint density at radius 3 is 2.44 bits per heavy atom. The van der Waals surface area contributed by atoms with Crippen molar-refractivity contribution in [1.82, 2.24) is 10.3 Å². The van der Waals surface area contributed by atoms with Gasteiger partial charge in [0.25, 0.3) is 5.91 Å². The van der Waals surface area contributed by atoms with E-state index < -0.39 is 5.97 Å². The van der Waals surface area contributed by atoms with Gasteiger partial charge in [-0.3, -0.25) is 4.79 Å². The molecule has 0 saturated carbocycles. The molecule has 0 aliphatic carbocycles. The molecule has 2 N–H and O–H groups in total. The van der Waals surface area contributed by atoms with Crippen molar-refractivity contribution in [2.75, 3.05) is 20.3 Å². The number of rotatable bonds is 10. The maximum atomic E-state index is 12.8. The minimum atomic E-state index is -0.480. The fraction of sp³-hybridized carbons (Fsp3) is 0.280. The van der Waals surface area contributed by atoms with E-state index in [1.54, 1.807) is 13.8 Å². The van der Waals surface area contributed by atoms with Crippen LogP contribution in [0.15, 0.2) is 54.6 Å². The number of aromatic nitrogens is 1. The molecule has 7 nitrogen and oxygen atoms in total. The number of carbonyl (C=O) groups is 2. The average molecular weight is 437 g/mol. The fourth-order valence-corrected chi connectivity index (χ4v) is 3.36. The minimum absolute atomic E-state index is 0.153. The van der Waals surface area contributed by atoms with E-state index in [0.717, 1.165) is 11.1 Å². The zero-order chi connectivity index (χ0) is 22.9. The van der Waals surface area contributed by atoms with Crippen molar-refractivity contribution in [2.45, 2.75) is 27.0 Å². The lowest BCUT2D eigenvalue weighted by Gasteiger charge is -2.12. The van der Waals surface area contributed by atoms with E-state index in [9.17, 15) is 9.59 Å². The van der Waals surface area contributed by atoms with E-state index >= 15 is 0 Å². The van der Waals surface area contributed by atoms with Crippen LogP contribution in [-0.2, 0) is 22.6 Å². The number of hydrogen-bond donors (Lipinski definition) is 2. The van der Waals surface area contributed by atoms with Gasteiger partial charge in [-0.2, -0.15) is 0 Å². The smallest absolute Gasteiger partial charge is 0.340 e. The highest BCUT2D eigenvalue weighted by Gasteiger charge is 2.23. The summed E-state index contributed by atoms with van der Waals surface area (Å²) in [6.45, 7) is 4.66. The van der Waals surface area contributed by atoms with E-state index in [0.29, 0.717) is 41.5 Å². The van der Waals surface area contributed by atoms with Crippen LogP contribution in [0, 0.1) is 13.8 Å². The zero-order valence-electron chi connectivity index (χ0n) is 18.6. The second-order valence-corrected chi connectivity index (χ2v) is 7.32. The van der Waals surface area contributed by atoms with Gasteiger partial charge in [-0.05, 0) is 31.0 Å². The quantitative estimate of drug-likeness (QED) is 0.371. The minimum Gasteiger partial charge on any atom is -0.489 e. The second kappa shape index (κ2) is 11.2. The summed E-state index contributed by atoms with van der Waals surface area (Å²) >= 11 is 0. The molecule has 2 aromatic carbocycles. The van der Waals surface area contributed by atoms with Crippen LogP contribution in [0.1, 0.15) is 43.2 Å². The summed E-state index contributed by atoms with van der Waals surface area (Å²) in [7, 11) is 1.54. The highest BCUT2D eigenvalue weighted by atomic mass is 16.6. The first-order valence-electron chi connectivity index (χ1n) is 10.4. The molecule has 0 saturated heterocycles. The second-order valence-electron chi connectivity index (χ2n) is 7.32. The number of amides is 1. The normalized spacial score (nSPS) is 10.6. The zero-order valence-corrected chi connectivity index (χ0v) is 18.6. The van der Waals surface area contributed by atoms with E-state index in [-0.39, 0.29) is 19.1 Å². The van der Waals surface area contributed by atoms with Crippen molar-refractivity contribution < 1.29 is 23.8 Å². The van der Waals surface area contributed by atoms with Crippen molar-refractivity contribution in [2.24, 2.45) is 0 Å². The summed E-state index contributed by atoms with van der Waals surface area (Å²) in [4.78, 5) is 28.2. The lowest BCUT2D eigenvalue weighted by atomic mass is 10.1. The number of esters is 1. The Morgan fingerprint density at radius 1 is 0.969 bits per heavy atom. The molecule has 0 atom stereocenters. The van der Waals surface area contributed by atoms with Crippen LogP contribution < -0.4 is 10.1 Å². The molecule has 7 heteroatoms. The number of para-hydroxylation sites is 1. The highest BCUT2D eigenvalue weighted by Crippen LogP contribution is 2.21. The number of benzene rings is 2. The molecule has 32 heavy (non-hydrogen) atoms. The van der Waals surface area contributed by atoms with Crippen molar-refractivity contribution in [3.8, 4) is 5.75 Å². The first kappa shape index (κ1) is 23.1. The van der Waals surface area contributed by atoms with Gasteiger partial charge < -0.3 is 24.5 Å². The Hall–Kier alpha value is -3.58. The van der Waals surface area contributed by atoms with Gasteiger partial charge in [-0.1, -0.05) is 48.5 Å². The molecule has 0 aliphatic rings. The van der Waals surface area contributed by atoms with Crippen molar-refractivity contribution in [3.05, 3.63) is 88.2 Å². The number of hydrogen-bond acceptors (Lipinski definition) is 5. The van der Waals surface area contributed by atoms with Gasteiger partial charge in [0.1, 0.15) is 24.7 Å². The third-order valence-electron chi connectivity index (χ3n) is 5.04. The molecule has 1 heterocycles. The van der Waals surface area contributed by atoms with E-state index in [2.05, 4.69) is 10.3 Å². The van der Waals surface area contributed by atoms with Crippen molar-refractivity contribution in [1.29, 1.82) is 0 Å². The van der Waals surface area contributed by atoms with Gasteiger partial charge in [0.2, 0.25) is 0 Å². The molecule has 3 aromatic rings. The van der Waals surface area contributed by atoms with E-state index in [1.807, 2.05) is 54.6 Å². The molecule has 0 bridgehead atoms. The topological polar surface area (TPSA) is 89.7 Å². The van der Waals surface area contributed by atoms with Crippen LogP contribution >= 0.6 is 0 Å². The Bertz CT molecular complexity index is 1060. The van der Waals surface area contributed by atoms with Crippen molar-refractivity contribution >= 4 is 11.9 Å². The Labute approximate surface area is 187 Å². The summed E-state index contributed by atoms with van der Waals surface area (Å²) < 4.78 is 16.1. The molecule has 0 radical (unpaired) electrons. The number of aryl methyl sites for hydroxylation is 1. The number of aromatic amines is 1. The molecular weight excluding hydrogens is 408 g/mol. The molecule has 168 valence electrons. The van der Waals surface area contributed by atoms with Crippen LogP contribution in [0.5, 0.6) is 5.75 Å². The largest absolute Gasteiger partial charge is 0.489 e. The molecule has 0 unspecified atom stereocenters. The SMILES string of the molecule is COCCOC(=O)c1c(C)[nH]c(C(=O)NCc2ccccc2OCc2ccccc2)c1C. The average Bonchev–Trinajstić information content (AvgIpc) is 3.11.